The van der Waals surface area contributed by atoms with Crippen LogP contribution in [0.5, 0.6) is 5.75 Å². The highest BCUT2D eigenvalue weighted by molar-refractivity contribution is 6.01. The van der Waals surface area contributed by atoms with Crippen LogP contribution in [0.25, 0.3) is 0 Å². The van der Waals surface area contributed by atoms with Crippen molar-refractivity contribution in [2.24, 2.45) is 0 Å². The fourth-order valence-corrected chi connectivity index (χ4v) is 2.47. The van der Waals surface area contributed by atoms with E-state index in [0.29, 0.717) is 18.7 Å². The second kappa shape index (κ2) is 10.8. The summed E-state index contributed by atoms with van der Waals surface area (Å²) in [4.78, 5) is 35.3. The topological polar surface area (TPSA) is 93.7 Å². The number of urea groups is 1. The number of hydrogen-bond donors (Lipinski definition) is 2. The minimum Gasteiger partial charge on any atom is -0.494 e. The number of aryl methyl sites for hydroxylation is 3. The van der Waals surface area contributed by atoms with E-state index in [1.54, 1.807) is 12.1 Å². The van der Waals surface area contributed by atoms with Crippen LogP contribution in [0.2, 0.25) is 0 Å². The Bertz CT molecular complexity index is 879. The fourth-order valence-electron chi connectivity index (χ4n) is 2.47. The largest absolute Gasteiger partial charge is 0.494 e. The molecule has 0 bridgehead atoms. The van der Waals surface area contributed by atoms with Gasteiger partial charge >= 0.3 is 12.0 Å². The molecular formula is C22H26N2O5. The number of esters is 1. The Balaban J connectivity index is 1.61. The number of benzene rings is 2. The molecule has 0 fully saturated rings. The molecule has 2 N–H and O–H groups in total. The summed E-state index contributed by atoms with van der Waals surface area (Å²) in [5, 5.41) is 4.68. The lowest BCUT2D eigenvalue weighted by molar-refractivity contribution is -0.148. The molecule has 154 valence electrons. The molecule has 0 aromatic heterocycles. The van der Waals surface area contributed by atoms with Crippen LogP contribution in [-0.2, 0) is 14.3 Å². The van der Waals surface area contributed by atoms with Crippen LogP contribution in [0.1, 0.15) is 29.5 Å². The first-order valence-electron chi connectivity index (χ1n) is 9.36. The number of amides is 3. The van der Waals surface area contributed by atoms with Gasteiger partial charge in [0, 0.05) is 12.1 Å². The predicted molar refractivity (Wildman–Crippen MR) is 110 cm³/mol. The Labute approximate surface area is 170 Å². The molecule has 0 heterocycles. The van der Waals surface area contributed by atoms with Gasteiger partial charge in [-0.1, -0.05) is 18.2 Å². The molecule has 0 aliphatic rings. The van der Waals surface area contributed by atoms with Gasteiger partial charge < -0.3 is 14.8 Å². The van der Waals surface area contributed by atoms with E-state index in [1.165, 1.54) is 0 Å². The van der Waals surface area contributed by atoms with Crippen molar-refractivity contribution in [3.63, 3.8) is 0 Å². The van der Waals surface area contributed by atoms with Crippen molar-refractivity contribution < 1.29 is 23.9 Å². The normalized spacial score (nSPS) is 10.2. The third-order valence-electron chi connectivity index (χ3n) is 4.17. The molecule has 0 radical (unpaired) electrons. The van der Waals surface area contributed by atoms with Crippen molar-refractivity contribution in [1.29, 1.82) is 0 Å². The summed E-state index contributed by atoms with van der Waals surface area (Å²) in [6, 6.07) is 12.4. The highest BCUT2D eigenvalue weighted by atomic mass is 16.5. The molecule has 0 aliphatic heterocycles. The summed E-state index contributed by atoms with van der Waals surface area (Å²) < 4.78 is 10.4. The number of carbonyl (C=O) groups excluding carboxylic acids is 3. The molecule has 2 aromatic carbocycles. The average Bonchev–Trinajstić information content (AvgIpc) is 2.66. The van der Waals surface area contributed by atoms with E-state index >= 15 is 0 Å². The van der Waals surface area contributed by atoms with E-state index in [0.717, 1.165) is 22.4 Å². The van der Waals surface area contributed by atoms with Crippen molar-refractivity contribution in [1.82, 2.24) is 5.32 Å². The smallest absolute Gasteiger partial charge is 0.325 e. The first-order chi connectivity index (χ1) is 13.8. The van der Waals surface area contributed by atoms with E-state index in [2.05, 4.69) is 10.6 Å². The number of carbonyl (C=O) groups is 3. The van der Waals surface area contributed by atoms with Crippen LogP contribution in [0, 0.1) is 20.8 Å². The first-order valence-corrected chi connectivity index (χ1v) is 9.36. The van der Waals surface area contributed by atoms with Crippen LogP contribution in [0.4, 0.5) is 10.5 Å². The zero-order valence-electron chi connectivity index (χ0n) is 16.9. The quantitative estimate of drug-likeness (QED) is 0.523. The third kappa shape index (κ3) is 8.04. The third-order valence-corrected chi connectivity index (χ3v) is 4.17. The second-order valence-electron chi connectivity index (χ2n) is 6.73. The lowest BCUT2D eigenvalue weighted by Crippen LogP contribution is -2.37. The molecule has 0 atom stereocenters. The fraction of sp³-hybridized carbons (Fsp3) is 0.318. The molecule has 0 spiro atoms. The van der Waals surface area contributed by atoms with Crippen LogP contribution >= 0.6 is 0 Å². The number of nitrogens with one attached hydrogen (secondary N) is 2. The van der Waals surface area contributed by atoms with E-state index in [1.807, 2.05) is 51.1 Å². The van der Waals surface area contributed by atoms with Gasteiger partial charge in [-0.25, -0.2) is 4.79 Å². The standard InChI is InChI=1S/C22H26N2O5/c1-15-6-4-7-19(12-15)28-11-5-8-21(26)29-14-20(25)24-22(27)23-18-10-9-16(2)17(3)13-18/h4,6-7,9-10,12-13H,5,8,11,14H2,1-3H3,(H2,23,24,25,27). The minimum absolute atomic E-state index is 0.119. The van der Waals surface area contributed by atoms with Gasteiger partial charge in [0.05, 0.1) is 6.61 Å². The molecule has 0 unspecified atom stereocenters. The van der Waals surface area contributed by atoms with Gasteiger partial charge in [0.1, 0.15) is 5.75 Å². The summed E-state index contributed by atoms with van der Waals surface area (Å²) in [5.74, 6) is -0.481. The van der Waals surface area contributed by atoms with Gasteiger partial charge in [-0.15, -0.1) is 0 Å². The molecule has 2 rings (SSSR count). The molecule has 2 aromatic rings. The van der Waals surface area contributed by atoms with E-state index in [4.69, 9.17) is 9.47 Å². The molecule has 7 nitrogen and oxygen atoms in total. The SMILES string of the molecule is Cc1cccc(OCCCC(=O)OCC(=O)NC(=O)Nc2ccc(C)c(C)c2)c1. The van der Waals surface area contributed by atoms with Crippen LogP contribution in [-0.4, -0.2) is 31.1 Å². The predicted octanol–water partition coefficient (Wildman–Crippen LogP) is 3.66. The highest BCUT2D eigenvalue weighted by Gasteiger charge is 2.11. The zero-order valence-corrected chi connectivity index (χ0v) is 16.9. The molecular weight excluding hydrogens is 372 g/mol. The van der Waals surface area contributed by atoms with Gasteiger partial charge in [0.25, 0.3) is 5.91 Å². The van der Waals surface area contributed by atoms with Crippen molar-refractivity contribution in [2.45, 2.75) is 33.6 Å². The number of hydrogen-bond acceptors (Lipinski definition) is 5. The number of ether oxygens (including phenoxy) is 2. The monoisotopic (exact) mass is 398 g/mol. The molecule has 0 saturated carbocycles. The zero-order chi connectivity index (χ0) is 21.2. The molecule has 0 aliphatic carbocycles. The van der Waals surface area contributed by atoms with Crippen molar-refractivity contribution >= 4 is 23.6 Å². The van der Waals surface area contributed by atoms with Gasteiger partial charge in [-0.3, -0.25) is 14.9 Å². The maximum Gasteiger partial charge on any atom is 0.325 e. The van der Waals surface area contributed by atoms with Gasteiger partial charge in [-0.05, 0) is 68.1 Å². The molecule has 29 heavy (non-hydrogen) atoms. The van der Waals surface area contributed by atoms with Crippen molar-refractivity contribution in [3.8, 4) is 5.75 Å². The van der Waals surface area contributed by atoms with E-state index < -0.39 is 24.5 Å². The summed E-state index contributed by atoms with van der Waals surface area (Å²) in [6.07, 6.45) is 0.579. The van der Waals surface area contributed by atoms with Gasteiger partial charge in [-0.2, -0.15) is 0 Å². The summed E-state index contributed by atoms with van der Waals surface area (Å²) in [5.41, 5.74) is 3.79. The van der Waals surface area contributed by atoms with Gasteiger partial charge in [0.2, 0.25) is 0 Å². The van der Waals surface area contributed by atoms with Gasteiger partial charge in [0.15, 0.2) is 6.61 Å². The Kier molecular flexibility index (Phi) is 8.21. The molecule has 7 heteroatoms. The Morgan fingerprint density at radius 2 is 1.76 bits per heavy atom. The lowest BCUT2D eigenvalue weighted by atomic mass is 10.1. The molecule has 0 saturated heterocycles. The van der Waals surface area contributed by atoms with Crippen LogP contribution < -0.4 is 15.4 Å². The van der Waals surface area contributed by atoms with Crippen LogP contribution in [0.15, 0.2) is 42.5 Å². The Morgan fingerprint density at radius 3 is 2.48 bits per heavy atom. The number of imide groups is 1. The van der Waals surface area contributed by atoms with Crippen molar-refractivity contribution in [3.05, 3.63) is 59.2 Å². The average molecular weight is 398 g/mol. The molecule has 3 amide bonds. The summed E-state index contributed by atoms with van der Waals surface area (Å²) in [7, 11) is 0. The Morgan fingerprint density at radius 1 is 0.966 bits per heavy atom. The van der Waals surface area contributed by atoms with E-state index in [-0.39, 0.29) is 6.42 Å². The summed E-state index contributed by atoms with van der Waals surface area (Å²) in [6.45, 7) is 5.71. The lowest BCUT2D eigenvalue weighted by Gasteiger charge is -2.09. The number of rotatable bonds is 8. The summed E-state index contributed by atoms with van der Waals surface area (Å²) >= 11 is 0. The minimum atomic E-state index is -0.698. The van der Waals surface area contributed by atoms with E-state index in [9.17, 15) is 14.4 Å². The highest BCUT2D eigenvalue weighted by Crippen LogP contribution is 2.14. The second-order valence-corrected chi connectivity index (χ2v) is 6.73. The Hall–Kier alpha value is -3.35. The van der Waals surface area contributed by atoms with Crippen molar-refractivity contribution in [2.75, 3.05) is 18.5 Å². The van der Waals surface area contributed by atoms with Crippen LogP contribution in [0.3, 0.4) is 0 Å². The maximum absolute atomic E-state index is 11.8. The number of anilines is 1. The maximum atomic E-state index is 11.8. The first kappa shape index (κ1) is 21.9.